The van der Waals surface area contributed by atoms with Crippen LogP contribution in [-0.2, 0) is 4.79 Å². The minimum Gasteiger partial charge on any atom is -0.392 e. The largest absolute Gasteiger partial charge is 0.392 e. The normalized spacial score (nSPS) is 12.8. The van der Waals surface area contributed by atoms with Gasteiger partial charge in [0.25, 0.3) is 0 Å². The molecule has 0 aliphatic rings. The summed E-state index contributed by atoms with van der Waals surface area (Å²) < 4.78 is 0. The summed E-state index contributed by atoms with van der Waals surface area (Å²) in [6.45, 7) is 8.27. The third-order valence-corrected chi connectivity index (χ3v) is 2.40. The van der Waals surface area contributed by atoms with Crippen LogP contribution in [0.15, 0.2) is 23.4 Å². The first-order valence-corrected chi connectivity index (χ1v) is 5.76. The van der Waals surface area contributed by atoms with E-state index in [1.165, 1.54) is 0 Å². The van der Waals surface area contributed by atoms with Crippen LogP contribution in [0.2, 0.25) is 0 Å². The third-order valence-electron chi connectivity index (χ3n) is 2.40. The number of aliphatic hydroxyl groups excluding tert-OH is 1. The predicted molar refractivity (Wildman–Crippen MR) is 66.9 cm³/mol. The van der Waals surface area contributed by atoms with Crippen LogP contribution in [0, 0.1) is 0 Å². The average molecular weight is 225 g/mol. The molecule has 3 heteroatoms. The van der Waals surface area contributed by atoms with Crippen LogP contribution in [0.4, 0.5) is 0 Å². The maximum atomic E-state index is 11.4. The lowest BCUT2D eigenvalue weighted by Gasteiger charge is -2.21. The Hall–Kier alpha value is -1.09. The van der Waals surface area contributed by atoms with Gasteiger partial charge in [0.1, 0.15) is 0 Å². The molecule has 1 amide bonds. The van der Waals surface area contributed by atoms with Crippen LogP contribution in [0.25, 0.3) is 0 Å². The molecule has 0 aromatic heterocycles. The van der Waals surface area contributed by atoms with Gasteiger partial charge in [-0.1, -0.05) is 19.4 Å². The van der Waals surface area contributed by atoms with Gasteiger partial charge in [-0.3, -0.25) is 4.79 Å². The summed E-state index contributed by atoms with van der Waals surface area (Å²) in [6, 6.07) is 0. The summed E-state index contributed by atoms with van der Waals surface area (Å²) in [5, 5.41) is 8.86. The molecule has 3 nitrogen and oxygen atoms in total. The van der Waals surface area contributed by atoms with E-state index in [9.17, 15) is 4.79 Å². The predicted octanol–water partition coefficient (Wildman–Crippen LogP) is 2.48. The molecule has 16 heavy (non-hydrogen) atoms. The molecule has 0 aromatic rings. The van der Waals surface area contributed by atoms with Crippen LogP contribution < -0.4 is 0 Å². The maximum absolute atomic E-state index is 11.4. The molecular weight excluding hydrogens is 202 g/mol. The minimum absolute atomic E-state index is 0.0544. The van der Waals surface area contributed by atoms with Crippen LogP contribution in [0.5, 0.6) is 0 Å². The molecule has 0 heterocycles. The number of hydrogen-bond acceptors (Lipinski definition) is 2. The Balaban J connectivity index is 4.60. The number of nitrogens with zero attached hydrogens (tertiary/aromatic N) is 1. The molecule has 92 valence electrons. The molecule has 0 saturated heterocycles. The molecule has 0 unspecified atom stereocenters. The molecular formula is C13H23NO2. The van der Waals surface area contributed by atoms with Crippen molar-refractivity contribution in [3.8, 4) is 0 Å². The highest BCUT2D eigenvalue weighted by atomic mass is 16.3. The Morgan fingerprint density at radius 1 is 1.25 bits per heavy atom. The van der Waals surface area contributed by atoms with Crippen LogP contribution >= 0.6 is 0 Å². The Bertz CT molecular complexity index is 280. The lowest BCUT2D eigenvalue weighted by molar-refractivity contribution is -0.127. The van der Waals surface area contributed by atoms with Gasteiger partial charge in [-0.2, -0.15) is 0 Å². The monoisotopic (exact) mass is 225 g/mol. The molecule has 1 N–H and O–H groups in total. The molecule has 0 atom stereocenters. The fourth-order valence-electron chi connectivity index (χ4n) is 1.30. The van der Waals surface area contributed by atoms with Crippen molar-refractivity contribution in [1.29, 1.82) is 0 Å². The van der Waals surface area contributed by atoms with Crippen molar-refractivity contribution in [3.63, 3.8) is 0 Å². The van der Waals surface area contributed by atoms with E-state index < -0.39 is 0 Å². The van der Waals surface area contributed by atoms with Crippen molar-refractivity contribution in [3.05, 3.63) is 23.4 Å². The quantitative estimate of drug-likeness (QED) is 0.705. The second-order valence-electron chi connectivity index (χ2n) is 4.00. The number of carbonyl (C=O) groups excluding carboxylic acids is 1. The van der Waals surface area contributed by atoms with E-state index in [4.69, 9.17) is 5.11 Å². The van der Waals surface area contributed by atoms with Crippen molar-refractivity contribution < 1.29 is 9.90 Å². The van der Waals surface area contributed by atoms with Gasteiger partial charge in [-0.05, 0) is 31.9 Å². The zero-order chi connectivity index (χ0) is 12.6. The van der Waals surface area contributed by atoms with Crippen molar-refractivity contribution in [2.45, 2.75) is 40.5 Å². The van der Waals surface area contributed by atoms with E-state index in [1.54, 1.807) is 11.8 Å². The van der Waals surface area contributed by atoms with Gasteiger partial charge in [0.2, 0.25) is 5.91 Å². The number of carbonyl (C=O) groups is 1. The van der Waals surface area contributed by atoms with E-state index >= 15 is 0 Å². The average Bonchev–Trinajstić information content (AvgIpc) is 2.25. The molecule has 0 saturated carbocycles. The highest BCUT2D eigenvalue weighted by Crippen LogP contribution is 2.07. The molecule has 0 aromatic carbocycles. The van der Waals surface area contributed by atoms with Crippen molar-refractivity contribution in [2.75, 3.05) is 13.2 Å². The molecule has 0 aliphatic heterocycles. The smallest absolute Gasteiger partial charge is 0.223 e. The lowest BCUT2D eigenvalue weighted by atomic mass is 10.2. The molecule has 0 aliphatic carbocycles. The third kappa shape index (κ3) is 5.71. The Morgan fingerprint density at radius 2 is 1.88 bits per heavy atom. The van der Waals surface area contributed by atoms with E-state index in [0.717, 1.165) is 30.7 Å². The second-order valence-corrected chi connectivity index (χ2v) is 4.00. The molecule has 0 fully saturated rings. The van der Waals surface area contributed by atoms with Crippen LogP contribution in [-0.4, -0.2) is 29.1 Å². The lowest BCUT2D eigenvalue weighted by Crippen LogP contribution is -2.27. The fraction of sp³-hybridized carbons (Fsp3) is 0.615. The highest BCUT2D eigenvalue weighted by molar-refractivity contribution is 5.75. The number of unbranched alkanes of at least 4 members (excludes halogenated alkanes) is 1. The summed E-state index contributed by atoms with van der Waals surface area (Å²) in [7, 11) is 0. The van der Waals surface area contributed by atoms with Gasteiger partial charge >= 0.3 is 0 Å². The standard InChI is InChI=1S/C13H23NO2/c1-5-6-9-14(13(4)16)12(3)8-7-11(2)10-15/h7-8,15H,5-6,9-10H2,1-4H3/b11-7+,12-8+. The highest BCUT2D eigenvalue weighted by Gasteiger charge is 2.08. The van der Waals surface area contributed by atoms with Crippen molar-refractivity contribution in [1.82, 2.24) is 4.90 Å². The number of rotatable bonds is 6. The molecule has 0 spiro atoms. The molecule has 0 bridgehead atoms. The van der Waals surface area contributed by atoms with E-state index in [-0.39, 0.29) is 12.5 Å². The maximum Gasteiger partial charge on any atom is 0.223 e. The van der Waals surface area contributed by atoms with Gasteiger partial charge in [-0.15, -0.1) is 0 Å². The summed E-state index contributed by atoms with van der Waals surface area (Å²) in [6.07, 6.45) is 5.80. The number of hydrogen-bond donors (Lipinski definition) is 1. The summed E-state index contributed by atoms with van der Waals surface area (Å²) in [4.78, 5) is 13.2. The van der Waals surface area contributed by atoms with E-state index in [0.29, 0.717) is 0 Å². The summed E-state index contributed by atoms with van der Waals surface area (Å²) in [5.41, 5.74) is 1.81. The van der Waals surface area contributed by atoms with Crippen LogP contribution in [0.1, 0.15) is 40.5 Å². The second kappa shape index (κ2) is 8.11. The molecule has 0 rings (SSSR count). The first kappa shape index (κ1) is 14.9. The summed E-state index contributed by atoms with van der Waals surface area (Å²) in [5.74, 6) is 0.0669. The number of allylic oxidation sites excluding steroid dienone is 3. The Kier molecular flexibility index (Phi) is 7.56. The van der Waals surface area contributed by atoms with Gasteiger partial charge in [0.15, 0.2) is 0 Å². The van der Waals surface area contributed by atoms with Crippen molar-refractivity contribution >= 4 is 5.91 Å². The Morgan fingerprint density at radius 3 is 2.31 bits per heavy atom. The zero-order valence-electron chi connectivity index (χ0n) is 10.8. The minimum atomic E-state index is 0.0544. The topological polar surface area (TPSA) is 40.5 Å². The van der Waals surface area contributed by atoms with Gasteiger partial charge in [0.05, 0.1) is 6.61 Å². The van der Waals surface area contributed by atoms with Gasteiger partial charge in [-0.25, -0.2) is 0 Å². The summed E-state index contributed by atoms with van der Waals surface area (Å²) >= 11 is 0. The van der Waals surface area contributed by atoms with E-state index in [2.05, 4.69) is 6.92 Å². The SMILES string of the molecule is CCCCN(C(C)=O)/C(C)=C/C=C(\C)CO. The van der Waals surface area contributed by atoms with Gasteiger partial charge < -0.3 is 10.0 Å². The van der Waals surface area contributed by atoms with E-state index in [1.807, 2.05) is 26.0 Å². The first-order chi connectivity index (χ1) is 7.52. The van der Waals surface area contributed by atoms with Crippen molar-refractivity contribution in [2.24, 2.45) is 0 Å². The van der Waals surface area contributed by atoms with Crippen LogP contribution in [0.3, 0.4) is 0 Å². The Labute approximate surface area is 98.5 Å². The molecule has 0 radical (unpaired) electrons. The number of aliphatic hydroxyl groups is 1. The first-order valence-electron chi connectivity index (χ1n) is 5.76. The fourth-order valence-corrected chi connectivity index (χ4v) is 1.30. The number of amides is 1. The van der Waals surface area contributed by atoms with Gasteiger partial charge in [0, 0.05) is 19.2 Å². The zero-order valence-corrected chi connectivity index (χ0v) is 10.8.